The van der Waals surface area contributed by atoms with E-state index in [1.807, 2.05) is 0 Å². The van der Waals surface area contributed by atoms with Gasteiger partial charge >= 0.3 is 5.97 Å². The fourth-order valence-electron chi connectivity index (χ4n) is 1.85. The van der Waals surface area contributed by atoms with E-state index in [2.05, 4.69) is 4.98 Å². The summed E-state index contributed by atoms with van der Waals surface area (Å²) in [6, 6.07) is 12.1. The molecule has 7 heteroatoms. The molecule has 3 aromatic rings. The van der Waals surface area contributed by atoms with Crippen LogP contribution in [0, 0.1) is 0 Å². The third kappa shape index (κ3) is 3.64. The van der Waals surface area contributed by atoms with Crippen molar-refractivity contribution < 1.29 is 14.6 Å². The fraction of sp³-hybridized carbons (Fsp3) is 0. The number of carboxylic acids is 1. The molecule has 1 aromatic heterocycles. The normalized spacial score (nSPS) is 10.5. The maximum Gasteiger partial charge on any atom is 0.355 e. The molecule has 0 fully saturated rings. The minimum absolute atomic E-state index is 0.0380. The topological polar surface area (TPSA) is 59.4 Å². The van der Waals surface area contributed by atoms with Crippen LogP contribution in [0.25, 0.3) is 10.6 Å². The molecule has 0 aliphatic heterocycles. The monoisotopic (exact) mass is 365 g/mol. The highest BCUT2D eigenvalue weighted by molar-refractivity contribution is 7.13. The number of halogens is 2. The molecule has 116 valence electrons. The molecule has 0 saturated heterocycles. The lowest BCUT2D eigenvalue weighted by atomic mass is 10.2. The first-order chi connectivity index (χ1) is 11.0. The Balaban J connectivity index is 1.81. The first-order valence-corrected chi connectivity index (χ1v) is 8.08. The van der Waals surface area contributed by atoms with E-state index >= 15 is 0 Å². The lowest BCUT2D eigenvalue weighted by Gasteiger charge is -2.08. The molecule has 0 atom stereocenters. The van der Waals surface area contributed by atoms with Crippen molar-refractivity contribution in [3.05, 3.63) is 63.6 Å². The number of nitrogens with zero attached hydrogens (tertiary/aromatic N) is 1. The highest BCUT2D eigenvalue weighted by Gasteiger charge is 2.10. The van der Waals surface area contributed by atoms with Crippen molar-refractivity contribution in [2.75, 3.05) is 0 Å². The third-order valence-corrected chi connectivity index (χ3v) is 4.38. The number of hydrogen-bond donors (Lipinski definition) is 1. The zero-order valence-corrected chi connectivity index (χ0v) is 13.8. The van der Waals surface area contributed by atoms with Gasteiger partial charge in [-0.05, 0) is 36.4 Å². The SMILES string of the molecule is O=C(O)c1csc(-c2ccc(Oc3cc(Cl)ccc3Cl)cc2)n1. The van der Waals surface area contributed by atoms with Crippen LogP contribution in [0.4, 0.5) is 0 Å². The lowest BCUT2D eigenvalue weighted by Crippen LogP contribution is -1.95. The van der Waals surface area contributed by atoms with Crippen LogP contribution in [0.3, 0.4) is 0 Å². The van der Waals surface area contributed by atoms with Gasteiger partial charge in [0.05, 0.1) is 5.02 Å². The summed E-state index contributed by atoms with van der Waals surface area (Å²) < 4.78 is 5.70. The van der Waals surface area contributed by atoms with Crippen LogP contribution >= 0.6 is 34.5 Å². The molecule has 2 aromatic carbocycles. The first kappa shape index (κ1) is 15.8. The largest absolute Gasteiger partial charge is 0.476 e. The molecular weight excluding hydrogens is 357 g/mol. The zero-order valence-electron chi connectivity index (χ0n) is 11.5. The summed E-state index contributed by atoms with van der Waals surface area (Å²) in [6.45, 7) is 0. The Labute approximate surface area is 145 Å². The molecule has 0 amide bonds. The number of carboxylic acid groups (broad SMARTS) is 1. The van der Waals surface area contributed by atoms with E-state index in [1.54, 1.807) is 42.5 Å². The highest BCUT2D eigenvalue weighted by Crippen LogP contribution is 2.33. The van der Waals surface area contributed by atoms with Gasteiger partial charge in [0.1, 0.15) is 16.5 Å². The molecule has 0 aliphatic rings. The molecule has 1 heterocycles. The van der Waals surface area contributed by atoms with Gasteiger partial charge in [-0.25, -0.2) is 9.78 Å². The third-order valence-electron chi connectivity index (χ3n) is 2.95. The average Bonchev–Trinajstić information content (AvgIpc) is 3.02. The van der Waals surface area contributed by atoms with E-state index in [0.717, 1.165) is 5.56 Å². The van der Waals surface area contributed by atoms with Gasteiger partial charge in [-0.1, -0.05) is 23.2 Å². The summed E-state index contributed by atoms with van der Waals surface area (Å²) in [5.41, 5.74) is 0.850. The molecule has 0 radical (unpaired) electrons. The van der Waals surface area contributed by atoms with Gasteiger partial charge in [0.25, 0.3) is 0 Å². The maximum atomic E-state index is 10.9. The number of benzene rings is 2. The van der Waals surface area contributed by atoms with Crippen LogP contribution in [-0.2, 0) is 0 Å². The van der Waals surface area contributed by atoms with Crippen molar-refractivity contribution in [1.29, 1.82) is 0 Å². The Morgan fingerprint density at radius 2 is 1.87 bits per heavy atom. The Morgan fingerprint density at radius 3 is 2.52 bits per heavy atom. The van der Waals surface area contributed by atoms with Gasteiger partial charge < -0.3 is 9.84 Å². The predicted molar refractivity (Wildman–Crippen MR) is 91.0 cm³/mol. The molecule has 0 bridgehead atoms. The molecule has 0 aliphatic carbocycles. The average molecular weight is 366 g/mol. The Morgan fingerprint density at radius 1 is 1.13 bits per heavy atom. The highest BCUT2D eigenvalue weighted by atomic mass is 35.5. The van der Waals surface area contributed by atoms with Gasteiger partial charge in [0.2, 0.25) is 0 Å². The maximum absolute atomic E-state index is 10.9. The molecule has 0 spiro atoms. The van der Waals surface area contributed by atoms with E-state index in [-0.39, 0.29) is 5.69 Å². The summed E-state index contributed by atoms with van der Waals surface area (Å²) in [5, 5.41) is 12.0. The summed E-state index contributed by atoms with van der Waals surface area (Å²) in [7, 11) is 0. The molecular formula is C16H9Cl2NO3S. The second-order valence-corrected chi connectivity index (χ2v) is 6.25. The summed E-state index contributed by atoms with van der Waals surface area (Å²) in [5.74, 6) is 0.0188. The molecule has 23 heavy (non-hydrogen) atoms. The number of rotatable bonds is 4. The molecule has 3 rings (SSSR count). The van der Waals surface area contributed by atoms with Crippen molar-refractivity contribution >= 4 is 40.5 Å². The Hall–Kier alpha value is -2.08. The van der Waals surface area contributed by atoms with Crippen LogP contribution in [0.15, 0.2) is 47.8 Å². The van der Waals surface area contributed by atoms with Crippen LogP contribution in [0.2, 0.25) is 10.0 Å². The van der Waals surface area contributed by atoms with Gasteiger partial charge in [-0.3, -0.25) is 0 Å². The summed E-state index contributed by atoms with van der Waals surface area (Å²) in [4.78, 5) is 14.9. The van der Waals surface area contributed by atoms with Crippen LogP contribution in [-0.4, -0.2) is 16.1 Å². The van der Waals surface area contributed by atoms with Gasteiger partial charge in [0, 0.05) is 22.0 Å². The molecule has 0 saturated carbocycles. The van der Waals surface area contributed by atoms with Crippen LogP contribution in [0.5, 0.6) is 11.5 Å². The Kier molecular flexibility index (Phi) is 4.52. The smallest absolute Gasteiger partial charge is 0.355 e. The summed E-state index contributed by atoms with van der Waals surface area (Å²) in [6.07, 6.45) is 0. The van der Waals surface area contributed by atoms with Crippen molar-refractivity contribution in [3.8, 4) is 22.1 Å². The summed E-state index contributed by atoms with van der Waals surface area (Å²) >= 11 is 13.3. The van der Waals surface area contributed by atoms with E-state index in [9.17, 15) is 4.79 Å². The van der Waals surface area contributed by atoms with E-state index in [1.165, 1.54) is 16.7 Å². The van der Waals surface area contributed by atoms with Crippen molar-refractivity contribution in [3.63, 3.8) is 0 Å². The fourth-order valence-corrected chi connectivity index (χ4v) is 2.97. The molecule has 0 unspecified atom stereocenters. The quantitative estimate of drug-likeness (QED) is 0.652. The number of thiazole rings is 1. The minimum atomic E-state index is -1.04. The van der Waals surface area contributed by atoms with Crippen molar-refractivity contribution in [2.45, 2.75) is 0 Å². The number of aromatic nitrogens is 1. The van der Waals surface area contributed by atoms with Crippen molar-refractivity contribution in [2.24, 2.45) is 0 Å². The predicted octanol–water partition coefficient (Wildman–Crippen LogP) is 5.61. The number of carbonyl (C=O) groups is 1. The number of aromatic carboxylic acids is 1. The standard InChI is InChI=1S/C16H9Cl2NO3S/c17-10-3-6-12(18)14(7-10)22-11-4-1-9(2-5-11)15-19-13(8-23-15)16(20)21/h1-8H,(H,20,21). The van der Waals surface area contributed by atoms with Crippen LogP contribution < -0.4 is 4.74 Å². The van der Waals surface area contributed by atoms with Gasteiger partial charge in [-0.15, -0.1) is 11.3 Å². The zero-order chi connectivity index (χ0) is 16.4. The van der Waals surface area contributed by atoms with Gasteiger partial charge in [0.15, 0.2) is 5.69 Å². The van der Waals surface area contributed by atoms with Gasteiger partial charge in [-0.2, -0.15) is 0 Å². The molecule has 4 nitrogen and oxygen atoms in total. The molecule has 1 N–H and O–H groups in total. The van der Waals surface area contributed by atoms with E-state index < -0.39 is 5.97 Å². The number of ether oxygens (including phenoxy) is 1. The minimum Gasteiger partial charge on any atom is -0.476 e. The van der Waals surface area contributed by atoms with E-state index in [4.69, 9.17) is 33.0 Å². The second-order valence-electron chi connectivity index (χ2n) is 4.54. The number of hydrogen-bond acceptors (Lipinski definition) is 4. The van der Waals surface area contributed by atoms with Crippen molar-refractivity contribution in [1.82, 2.24) is 4.98 Å². The van der Waals surface area contributed by atoms with E-state index in [0.29, 0.717) is 26.6 Å². The first-order valence-electron chi connectivity index (χ1n) is 6.45. The lowest BCUT2D eigenvalue weighted by molar-refractivity contribution is 0.0691. The second kappa shape index (κ2) is 6.58. The van der Waals surface area contributed by atoms with Crippen LogP contribution in [0.1, 0.15) is 10.5 Å². The Bertz CT molecular complexity index is 862.